The highest BCUT2D eigenvalue weighted by Crippen LogP contribution is 2.26. The number of nitro groups is 1. The lowest BCUT2D eigenvalue weighted by molar-refractivity contribution is -0.384. The molecule has 0 saturated carbocycles. The van der Waals surface area contributed by atoms with E-state index in [1.807, 2.05) is 6.92 Å². The first-order valence-corrected chi connectivity index (χ1v) is 6.69. The van der Waals surface area contributed by atoms with Crippen LogP contribution in [0.1, 0.15) is 19.8 Å². The minimum Gasteiger partial charge on any atom is -0.331 e. The molecule has 0 spiro atoms. The van der Waals surface area contributed by atoms with Gasteiger partial charge in [-0.15, -0.1) is 0 Å². The molecule has 0 atom stereocenters. The van der Waals surface area contributed by atoms with E-state index in [0.29, 0.717) is 16.6 Å². The van der Waals surface area contributed by atoms with Gasteiger partial charge in [0.15, 0.2) is 5.11 Å². The number of nitrogens with one attached hydrogen (secondary N) is 2. The summed E-state index contributed by atoms with van der Waals surface area (Å²) in [6.45, 7) is 1.89. The standard InChI is InChI=1S/C11H12BrN3O3S/c1-2-3-10(16)14-11(19)13-9-5-4-7(15(17)18)6-8(9)12/h4-6H,2-3H2,1H3,(H2,13,14,16,19). The summed E-state index contributed by atoms with van der Waals surface area (Å²) in [7, 11) is 0. The maximum Gasteiger partial charge on any atom is 0.270 e. The predicted octanol–water partition coefficient (Wildman–Crippen LogP) is 2.97. The zero-order valence-electron chi connectivity index (χ0n) is 10.1. The lowest BCUT2D eigenvalue weighted by atomic mass is 10.3. The van der Waals surface area contributed by atoms with Gasteiger partial charge in [0.1, 0.15) is 0 Å². The molecule has 6 nitrogen and oxygen atoms in total. The van der Waals surface area contributed by atoms with Gasteiger partial charge in [-0.25, -0.2) is 0 Å². The summed E-state index contributed by atoms with van der Waals surface area (Å²) in [5, 5.41) is 16.1. The summed E-state index contributed by atoms with van der Waals surface area (Å²) in [5.41, 5.74) is 0.519. The van der Waals surface area contributed by atoms with Crippen LogP contribution in [-0.2, 0) is 4.79 Å². The Balaban J connectivity index is 2.69. The molecule has 102 valence electrons. The van der Waals surface area contributed by atoms with E-state index >= 15 is 0 Å². The van der Waals surface area contributed by atoms with Crippen molar-refractivity contribution in [2.45, 2.75) is 19.8 Å². The third-order valence-corrected chi connectivity index (χ3v) is 3.00. The van der Waals surface area contributed by atoms with E-state index in [1.54, 1.807) is 0 Å². The highest BCUT2D eigenvalue weighted by Gasteiger charge is 2.10. The number of non-ortho nitro benzene ring substituents is 1. The molecule has 0 aromatic heterocycles. The Hall–Kier alpha value is -1.54. The molecule has 0 bridgehead atoms. The van der Waals surface area contributed by atoms with E-state index in [-0.39, 0.29) is 16.7 Å². The van der Waals surface area contributed by atoms with Crippen molar-refractivity contribution in [3.63, 3.8) is 0 Å². The molecule has 0 radical (unpaired) electrons. The molecule has 8 heteroatoms. The van der Waals surface area contributed by atoms with Crippen LogP contribution in [-0.4, -0.2) is 15.9 Å². The topological polar surface area (TPSA) is 84.3 Å². The van der Waals surface area contributed by atoms with Crippen molar-refractivity contribution in [3.8, 4) is 0 Å². The number of anilines is 1. The fraction of sp³-hybridized carbons (Fsp3) is 0.273. The predicted molar refractivity (Wildman–Crippen MR) is 80.1 cm³/mol. The minimum absolute atomic E-state index is 0.0293. The summed E-state index contributed by atoms with van der Waals surface area (Å²) in [6.07, 6.45) is 1.12. The summed E-state index contributed by atoms with van der Waals surface area (Å²) in [4.78, 5) is 21.4. The number of nitro benzene ring substituents is 1. The molecule has 2 N–H and O–H groups in total. The molecule has 0 aliphatic heterocycles. The van der Waals surface area contributed by atoms with Crippen molar-refractivity contribution < 1.29 is 9.72 Å². The van der Waals surface area contributed by atoms with Gasteiger partial charge in [0, 0.05) is 23.0 Å². The van der Waals surface area contributed by atoms with Gasteiger partial charge in [-0.05, 0) is 40.6 Å². The number of hydrogen-bond acceptors (Lipinski definition) is 4. The van der Waals surface area contributed by atoms with Crippen molar-refractivity contribution in [2.24, 2.45) is 0 Å². The second kappa shape index (κ2) is 7.15. The number of carbonyl (C=O) groups excluding carboxylic acids is 1. The van der Waals surface area contributed by atoms with Gasteiger partial charge >= 0.3 is 0 Å². The summed E-state index contributed by atoms with van der Waals surface area (Å²) < 4.78 is 0.494. The van der Waals surface area contributed by atoms with Crippen LogP contribution < -0.4 is 10.6 Å². The van der Waals surface area contributed by atoms with Gasteiger partial charge in [0.2, 0.25) is 5.91 Å². The number of nitrogens with zero attached hydrogens (tertiary/aromatic N) is 1. The Kier molecular flexibility index (Phi) is 5.84. The Labute approximate surface area is 123 Å². The van der Waals surface area contributed by atoms with Gasteiger partial charge in [-0.1, -0.05) is 6.92 Å². The van der Waals surface area contributed by atoms with E-state index in [2.05, 4.69) is 26.6 Å². The van der Waals surface area contributed by atoms with Crippen molar-refractivity contribution >= 4 is 50.5 Å². The third kappa shape index (κ3) is 4.92. The SMILES string of the molecule is CCCC(=O)NC(=S)Nc1ccc([N+](=O)[O-])cc1Br. The molecule has 1 amide bonds. The average molecular weight is 346 g/mol. The van der Waals surface area contributed by atoms with E-state index in [0.717, 1.165) is 6.42 Å². The van der Waals surface area contributed by atoms with Crippen LogP contribution in [0.25, 0.3) is 0 Å². The van der Waals surface area contributed by atoms with E-state index < -0.39 is 4.92 Å². The van der Waals surface area contributed by atoms with Gasteiger partial charge in [-0.3, -0.25) is 14.9 Å². The Morgan fingerprint density at radius 1 is 1.53 bits per heavy atom. The first-order chi connectivity index (χ1) is 8.93. The smallest absolute Gasteiger partial charge is 0.270 e. The number of thiocarbonyl (C=S) groups is 1. The molecular weight excluding hydrogens is 334 g/mol. The second-order valence-corrected chi connectivity index (χ2v) is 4.94. The second-order valence-electron chi connectivity index (χ2n) is 3.67. The van der Waals surface area contributed by atoms with Crippen molar-refractivity contribution in [1.29, 1.82) is 0 Å². The van der Waals surface area contributed by atoms with E-state index in [4.69, 9.17) is 12.2 Å². The van der Waals surface area contributed by atoms with Crippen molar-refractivity contribution in [1.82, 2.24) is 5.32 Å². The number of rotatable bonds is 4. The van der Waals surface area contributed by atoms with E-state index in [1.165, 1.54) is 18.2 Å². The zero-order valence-corrected chi connectivity index (χ0v) is 12.5. The van der Waals surface area contributed by atoms with Crippen LogP contribution >= 0.6 is 28.1 Å². The maximum atomic E-state index is 11.3. The average Bonchev–Trinajstić information content (AvgIpc) is 2.31. The number of carbonyl (C=O) groups is 1. The zero-order chi connectivity index (χ0) is 14.4. The molecular formula is C11H12BrN3O3S. The molecule has 0 heterocycles. The third-order valence-electron chi connectivity index (χ3n) is 2.14. The van der Waals surface area contributed by atoms with Crippen LogP contribution in [0.15, 0.2) is 22.7 Å². The Morgan fingerprint density at radius 2 is 2.21 bits per heavy atom. The summed E-state index contributed by atoms with van der Waals surface area (Å²) in [6, 6.07) is 4.23. The van der Waals surface area contributed by atoms with Crippen LogP contribution in [0.5, 0.6) is 0 Å². The summed E-state index contributed by atoms with van der Waals surface area (Å²) >= 11 is 8.17. The number of hydrogen-bond donors (Lipinski definition) is 2. The van der Waals surface area contributed by atoms with E-state index in [9.17, 15) is 14.9 Å². The van der Waals surface area contributed by atoms with Crippen molar-refractivity contribution in [2.75, 3.05) is 5.32 Å². The molecule has 0 unspecified atom stereocenters. The maximum absolute atomic E-state index is 11.3. The Morgan fingerprint density at radius 3 is 2.74 bits per heavy atom. The number of amides is 1. The monoisotopic (exact) mass is 345 g/mol. The van der Waals surface area contributed by atoms with Gasteiger partial charge in [0.25, 0.3) is 5.69 Å². The van der Waals surface area contributed by atoms with Crippen LogP contribution in [0, 0.1) is 10.1 Å². The van der Waals surface area contributed by atoms with Crippen molar-refractivity contribution in [3.05, 3.63) is 32.8 Å². The largest absolute Gasteiger partial charge is 0.331 e. The fourth-order valence-electron chi connectivity index (χ4n) is 1.29. The highest BCUT2D eigenvalue weighted by atomic mass is 79.9. The molecule has 0 saturated heterocycles. The molecule has 0 aliphatic rings. The number of benzene rings is 1. The normalized spacial score (nSPS) is 9.79. The quantitative estimate of drug-likeness (QED) is 0.497. The molecule has 1 aromatic carbocycles. The molecule has 1 aromatic rings. The number of halogens is 1. The van der Waals surface area contributed by atoms with Crippen LogP contribution in [0.2, 0.25) is 0 Å². The molecule has 19 heavy (non-hydrogen) atoms. The highest BCUT2D eigenvalue weighted by molar-refractivity contribution is 9.10. The summed E-state index contributed by atoms with van der Waals surface area (Å²) in [5.74, 6) is -0.168. The van der Waals surface area contributed by atoms with Crippen LogP contribution in [0.4, 0.5) is 11.4 Å². The lowest BCUT2D eigenvalue weighted by Crippen LogP contribution is -2.33. The molecule has 1 rings (SSSR count). The fourth-order valence-corrected chi connectivity index (χ4v) is 1.98. The minimum atomic E-state index is -0.490. The van der Waals surface area contributed by atoms with Gasteiger partial charge < -0.3 is 10.6 Å². The van der Waals surface area contributed by atoms with Gasteiger partial charge in [-0.2, -0.15) is 0 Å². The lowest BCUT2D eigenvalue weighted by Gasteiger charge is -2.10. The molecule has 0 fully saturated rings. The first-order valence-electron chi connectivity index (χ1n) is 5.48. The van der Waals surface area contributed by atoms with Crippen LogP contribution in [0.3, 0.4) is 0 Å². The first kappa shape index (κ1) is 15.5. The van der Waals surface area contributed by atoms with Gasteiger partial charge in [0.05, 0.1) is 10.6 Å². The molecule has 0 aliphatic carbocycles. The Bertz CT molecular complexity index is 522.